The summed E-state index contributed by atoms with van der Waals surface area (Å²) in [7, 11) is 8.72. The fourth-order valence-electron chi connectivity index (χ4n) is 9.63. The van der Waals surface area contributed by atoms with Gasteiger partial charge in [-0.1, -0.05) is 88.5 Å². The van der Waals surface area contributed by atoms with Crippen molar-refractivity contribution in [1.82, 2.24) is 0 Å². The first kappa shape index (κ1) is 31.1. The Hall–Kier alpha value is -8.15. The third kappa shape index (κ3) is 15.9. The number of pyridine rings is 5. The number of rotatable bonds is 5. The Bertz CT molecular complexity index is 5370. The minimum atomic E-state index is -2.65. The second-order valence-corrected chi connectivity index (χ2v) is 20.8. The zero-order valence-corrected chi connectivity index (χ0v) is 49.7. The van der Waals surface area contributed by atoms with Crippen molar-refractivity contribution in [3.63, 3.8) is 0 Å². The molecule has 5 nitrogen and oxygen atoms in total. The van der Waals surface area contributed by atoms with Crippen LogP contribution in [0, 0.1) is 131 Å². The summed E-state index contributed by atoms with van der Waals surface area (Å²) >= 11 is 0. The van der Waals surface area contributed by atoms with E-state index >= 15 is 0 Å². The van der Waals surface area contributed by atoms with Gasteiger partial charge >= 0.3 is 0 Å². The Morgan fingerprint density at radius 1 is 0.286 bits per heavy atom. The summed E-state index contributed by atoms with van der Waals surface area (Å²) in [5.41, 5.74) is 12.7. The van der Waals surface area contributed by atoms with Crippen LogP contribution < -0.4 is 22.8 Å². The molecule has 0 spiro atoms. The molecule has 10 aromatic rings. The lowest BCUT2D eigenvalue weighted by atomic mass is 9.97. The summed E-state index contributed by atoms with van der Waals surface area (Å²) in [6.45, 7) is -15.4. The standard InChI is InChI=1S/4C16H20N.C15H18N/c1-11-6-8-15(13(3)10-11)16-9-7-12(2)14(4)17(16)5;1-11-6-7-15(13(3)8-11)16-9-12(2)14(4)10-17(16)5;1-11-6-7-15(13(3)8-11)16-10-12(2)9-14(4)17(16)5;1-11-6-7-15(13(3)10-11)16-14(4)12(2)8-9-17(16)5;1-11-7-8-14(13(3)10-11)15-12(2)6-5-9-16(15)4/h4*6-10H,1-5H3;5-10H,1-4H3/q5*+1/i1D3,2D3;1D3,2D3,4D3;1D3,2D3;1D3,2D3,4D3;1D3,2D3. The van der Waals surface area contributed by atoms with Gasteiger partial charge in [-0.05, 0) is 204 Å². The largest absolute Gasteiger partial charge is 0.215 e. The highest BCUT2D eigenvalue weighted by Gasteiger charge is 2.20. The SMILES string of the molecule is [2H]C([2H])([2H])c1ccc(-c2c(C([2H])([2H])[2H])c(C([2H])([2H])[2H])cc[n+]2C)c(C)c1.[2H]C([2H])([2H])c1ccc(-c2c(C([2H])([2H])[2H])ccc[n+]2C)c(C)c1.[2H]C([2H])([2H])c1ccc(-c2cc(C([2H])([2H])[2H])c(C([2H])([2H])[2H])c[n+]2C)c(C)c1.[2H]C([2H])([2H])c1ccc(-c2cc(C([2H])([2H])[2H])cc(C)[n+]2C)c(C)c1.[2H]C([2H])([2H])c1ccc(-c2ccc(C([2H])([2H])[2H])c(C)[n+]2C)c(C)c1. The third-order valence-corrected chi connectivity index (χ3v) is 14.5. The predicted octanol–water partition coefficient (Wildman–Crippen LogP) is 16.8. The number of aromatic nitrogens is 5. The molecule has 0 fully saturated rings. The number of aryl methyl sites for hydroxylation is 20. The van der Waals surface area contributed by atoms with Crippen LogP contribution in [0.25, 0.3) is 56.3 Å². The average molecular weight is 1150 g/mol. The van der Waals surface area contributed by atoms with Crippen molar-refractivity contribution < 1.29 is 72.2 Å². The summed E-state index contributed by atoms with van der Waals surface area (Å²) in [5, 5.41) is 0. The maximum atomic E-state index is 7.87. The summed E-state index contributed by atoms with van der Waals surface area (Å²) in [6.07, 6.45) is 4.59. The zero-order chi connectivity index (χ0) is 92.0. The molecule has 0 aliphatic heterocycles. The van der Waals surface area contributed by atoms with Gasteiger partial charge in [0.15, 0.2) is 30.0 Å². The fraction of sp³-hybridized carbons (Fsp3) is 0.304. The zero-order valence-electron chi connectivity index (χ0n) is 85.7. The Kier molecular flexibility index (Phi) is 10.5. The van der Waals surface area contributed by atoms with Crippen molar-refractivity contribution >= 4 is 0 Å². The summed E-state index contributed by atoms with van der Waals surface area (Å²) < 4.78 is 282. The van der Waals surface area contributed by atoms with Gasteiger partial charge in [-0.3, -0.25) is 0 Å². The molecule has 5 aromatic carbocycles. The van der Waals surface area contributed by atoms with Gasteiger partial charge in [0.2, 0.25) is 28.5 Å². The number of benzene rings is 5. The van der Waals surface area contributed by atoms with Gasteiger partial charge in [0.1, 0.15) is 35.2 Å². The highest BCUT2D eigenvalue weighted by atomic mass is 15.0. The molecule has 0 bridgehead atoms. The maximum Gasteiger partial charge on any atom is 0.215 e. The smallest absolute Gasteiger partial charge is 0.201 e. The van der Waals surface area contributed by atoms with Gasteiger partial charge in [0.25, 0.3) is 0 Å². The molecular formula is C79H98N5+5. The van der Waals surface area contributed by atoms with E-state index in [1.807, 2.05) is 44.0 Å². The quantitative estimate of drug-likeness (QED) is 0.153. The lowest BCUT2D eigenvalue weighted by molar-refractivity contribution is -0.667. The molecule has 84 heavy (non-hydrogen) atoms. The number of hydrogen-bond acceptors (Lipinski definition) is 0. The van der Waals surface area contributed by atoms with E-state index in [0.29, 0.717) is 50.5 Å². The van der Waals surface area contributed by atoms with Gasteiger partial charge in [-0.2, -0.15) is 9.13 Å². The second kappa shape index (κ2) is 28.4. The predicted molar refractivity (Wildman–Crippen MR) is 355 cm³/mol. The van der Waals surface area contributed by atoms with Crippen molar-refractivity contribution in [3.05, 3.63) is 264 Å². The monoisotopic (exact) mass is 1150 g/mol. The summed E-state index contributed by atoms with van der Waals surface area (Å²) in [5.74, 6) is 0. The van der Waals surface area contributed by atoms with E-state index in [2.05, 4.69) is 0 Å². The van der Waals surface area contributed by atoms with Crippen molar-refractivity contribution in [2.45, 2.75) is 131 Å². The maximum absolute atomic E-state index is 7.87. The minimum absolute atomic E-state index is 0.142. The van der Waals surface area contributed by atoms with Gasteiger partial charge in [0.05, 0.1) is 0 Å². The summed E-state index contributed by atoms with van der Waals surface area (Å²) in [4.78, 5) is 0. The average Bonchev–Trinajstić information content (AvgIpc) is 0.759. The van der Waals surface area contributed by atoms with E-state index in [1.54, 1.807) is 160 Å². The molecule has 0 unspecified atom stereocenters. The number of hydrogen-bond donors (Lipinski definition) is 0. The van der Waals surface area contributed by atoms with Crippen LogP contribution in [0.15, 0.2) is 158 Å². The molecule has 0 amide bonds. The molecule has 5 heterocycles. The topological polar surface area (TPSA) is 19.4 Å². The van der Waals surface area contributed by atoms with Crippen molar-refractivity contribution in [2.75, 3.05) is 0 Å². The fourth-order valence-corrected chi connectivity index (χ4v) is 9.63. The molecule has 0 aliphatic rings. The van der Waals surface area contributed by atoms with Gasteiger partial charge in [-0.15, -0.1) is 0 Å². The van der Waals surface area contributed by atoms with Gasteiger partial charge < -0.3 is 0 Å². The van der Waals surface area contributed by atoms with Crippen LogP contribution in [-0.4, -0.2) is 0 Å². The second-order valence-electron chi connectivity index (χ2n) is 20.8. The molecule has 0 aliphatic carbocycles. The Morgan fingerprint density at radius 2 is 0.750 bits per heavy atom. The molecule has 0 saturated heterocycles. The van der Waals surface area contributed by atoms with Crippen molar-refractivity contribution in [2.24, 2.45) is 35.2 Å². The molecule has 0 atom stereocenters. The first-order valence-corrected chi connectivity index (χ1v) is 26.8. The minimum Gasteiger partial charge on any atom is -0.201 e. The molecule has 0 N–H and O–H groups in total. The van der Waals surface area contributed by atoms with Crippen LogP contribution >= 0.6 is 0 Å². The van der Waals surface area contributed by atoms with E-state index in [4.69, 9.17) is 49.3 Å². The van der Waals surface area contributed by atoms with E-state index in [0.717, 1.165) is 50.5 Å². The molecule has 0 saturated carbocycles. The van der Waals surface area contributed by atoms with Crippen LogP contribution in [0.3, 0.4) is 0 Å². The third-order valence-electron chi connectivity index (χ3n) is 14.5. The highest BCUT2D eigenvalue weighted by Crippen LogP contribution is 2.28. The van der Waals surface area contributed by atoms with Crippen LogP contribution in [0.5, 0.6) is 0 Å². The molecule has 5 heteroatoms. The first-order valence-electron chi connectivity index (χ1n) is 44.8. The lowest BCUT2D eigenvalue weighted by Crippen LogP contribution is -2.35. The molecule has 10 rings (SSSR count). The Morgan fingerprint density at radius 3 is 1.23 bits per heavy atom. The molecule has 5 aromatic heterocycles. The van der Waals surface area contributed by atoms with E-state index < -0.39 is 82.2 Å². The summed E-state index contributed by atoms with van der Waals surface area (Å²) in [6, 6.07) is 36.5. The van der Waals surface area contributed by atoms with Gasteiger partial charge in [-0.25, -0.2) is 13.7 Å². The van der Waals surface area contributed by atoms with Crippen molar-refractivity contribution in [1.29, 1.82) is 0 Å². The normalized spacial score (nSPS) is 18.8. The Labute approximate surface area is 557 Å². The van der Waals surface area contributed by atoms with Crippen LogP contribution in [0.1, 0.15) is 155 Å². The van der Waals surface area contributed by atoms with Crippen LogP contribution in [0.2, 0.25) is 0 Å². The van der Waals surface area contributed by atoms with E-state index in [-0.39, 0.29) is 61.3 Å². The Balaban J connectivity index is 0.000000233. The lowest BCUT2D eigenvalue weighted by Gasteiger charge is -2.09. The first-order chi connectivity index (χ1) is 54.1. The molecule has 0 radical (unpaired) electrons. The highest BCUT2D eigenvalue weighted by molar-refractivity contribution is 5.67. The van der Waals surface area contributed by atoms with Crippen LogP contribution in [0.4, 0.5) is 0 Å². The van der Waals surface area contributed by atoms with Crippen molar-refractivity contribution in [3.8, 4) is 56.3 Å². The molecular weight excluding hydrogens is 1020 g/mol. The number of nitrogens with zero attached hydrogens (tertiary/aromatic N) is 5. The van der Waals surface area contributed by atoms with E-state index in [9.17, 15) is 0 Å². The van der Waals surface area contributed by atoms with Crippen LogP contribution in [-0.2, 0) is 35.2 Å². The van der Waals surface area contributed by atoms with E-state index in [1.165, 1.54) is 60.9 Å². The molecule has 434 valence electrons. The van der Waals surface area contributed by atoms with Gasteiger partial charge in [0, 0.05) is 150 Å².